The van der Waals surface area contributed by atoms with Crippen LogP contribution in [0.25, 0.3) is 0 Å². The molecule has 1 atom stereocenters. The third-order valence-electron chi connectivity index (χ3n) is 3.12. The molecule has 3 N–H and O–H groups in total. The molecule has 0 spiro atoms. The zero-order chi connectivity index (χ0) is 12.7. The number of carbonyl (C=O) groups is 2. The van der Waals surface area contributed by atoms with Crippen molar-refractivity contribution in [1.29, 1.82) is 0 Å². The molecule has 1 rings (SSSR count). The number of hydrogen-bond acceptors (Lipinski definition) is 3. The third-order valence-corrected chi connectivity index (χ3v) is 3.12. The van der Waals surface area contributed by atoms with Gasteiger partial charge in [-0.3, -0.25) is 4.79 Å². The maximum Gasteiger partial charge on any atom is 0.326 e. The highest BCUT2D eigenvalue weighted by Crippen LogP contribution is 2.17. The van der Waals surface area contributed by atoms with Gasteiger partial charge in [0.1, 0.15) is 6.04 Å². The number of carbonyl (C=O) groups excluding carboxylic acids is 1. The molecule has 0 radical (unpaired) electrons. The Balaban J connectivity index is 2.23. The van der Waals surface area contributed by atoms with Gasteiger partial charge in [0.2, 0.25) is 5.91 Å². The topological polar surface area (TPSA) is 78.4 Å². The summed E-state index contributed by atoms with van der Waals surface area (Å²) < 4.78 is 0. The Kier molecular flexibility index (Phi) is 5.97. The summed E-state index contributed by atoms with van der Waals surface area (Å²) in [6.45, 7) is 2.12. The van der Waals surface area contributed by atoms with Crippen LogP contribution in [0.3, 0.4) is 0 Å². The Hall–Kier alpha value is -1.10. The van der Waals surface area contributed by atoms with E-state index < -0.39 is 12.0 Å². The van der Waals surface area contributed by atoms with Crippen LogP contribution in [0.15, 0.2) is 0 Å². The summed E-state index contributed by atoms with van der Waals surface area (Å²) in [5.74, 6) is -1.18. The number of amides is 1. The largest absolute Gasteiger partial charge is 0.480 e. The van der Waals surface area contributed by atoms with Crippen molar-refractivity contribution < 1.29 is 14.7 Å². The van der Waals surface area contributed by atoms with Crippen molar-refractivity contribution >= 4 is 11.9 Å². The standard InChI is InChI=1S/C12H22N2O3/c1-2-5-10(12(16)17)14-11(15)8-13-9-6-3-4-7-9/h9-10,13H,2-8H2,1H3,(H,14,15)(H,16,17)/t10-/m0/s1. The van der Waals surface area contributed by atoms with Gasteiger partial charge in [0.05, 0.1) is 6.54 Å². The molecule has 1 aliphatic carbocycles. The van der Waals surface area contributed by atoms with Crippen LogP contribution in [0.2, 0.25) is 0 Å². The van der Waals surface area contributed by atoms with Crippen LogP contribution in [-0.2, 0) is 9.59 Å². The van der Waals surface area contributed by atoms with E-state index in [0.29, 0.717) is 12.5 Å². The number of hydrogen-bond donors (Lipinski definition) is 3. The van der Waals surface area contributed by atoms with Crippen LogP contribution in [0.1, 0.15) is 45.4 Å². The van der Waals surface area contributed by atoms with Crippen molar-refractivity contribution in [2.24, 2.45) is 0 Å². The van der Waals surface area contributed by atoms with Gasteiger partial charge in [0, 0.05) is 6.04 Å². The first-order valence-corrected chi connectivity index (χ1v) is 6.39. The van der Waals surface area contributed by atoms with E-state index in [1.165, 1.54) is 12.8 Å². The minimum absolute atomic E-state index is 0.220. The summed E-state index contributed by atoms with van der Waals surface area (Å²) in [6.07, 6.45) is 5.88. The van der Waals surface area contributed by atoms with E-state index in [2.05, 4.69) is 10.6 Å². The zero-order valence-electron chi connectivity index (χ0n) is 10.4. The lowest BCUT2D eigenvalue weighted by Crippen LogP contribution is -2.45. The maximum atomic E-state index is 11.6. The summed E-state index contributed by atoms with van der Waals surface area (Å²) >= 11 is 0. The number of nitrogens with one attached hydrogen (secondary N) is 2. The first-order chi connectivity index (χ1) is 8.13. The molecule has 5 nitrogen and oxygen atoms in total. The average molecular weight is 242 g/mol. The minimum atomic E-state index is -0.957. The second kappa shape index (κ2) is 7.27. The minimum Gasteiger partial charge on any atom is -0.480 e. The molecular weight excluding hydrogens is 220 g/mol. The van der Waals surface area contributed by atoms with Gasteiger partial charge in [0.15, 0.2) is 0 Å². The third kappa shape index (κ3) is 5.17. The molecule has 0 saturated heterocycles. The normalized spacial score (nSPS) is 17.9. The van der Waals surface area contributed by atoms with Crippen molar-refractivity contribution in [2.75, 3.05) is 6.54 Å². The van der Waals surface area contributed by atoms with E-state index in [-0.39, 0.29) is 12.5 Å². The smallest absolute Gasteiger partial charge is 0.326 e. The molecular formula is C12H22N2O3. The molecule has 0 bridgehead atoms. The van der Waals surface area contributed by atoms with Crippen LogP contribution >= 0.6 is 0 Å². The molecule has 98 valence electrons. The Morgan fingerprint density at radius 1 is 1.35 bits per heavy atom. The van der Waals surface area contributed by atoms with Gasteiger partial charge >= 0.3 is 5.97 Å². The second-order valence-electron chi connectivity index (χ2n) is 4.61. The molecule has 1 saturated carbocycles. The number of rotatable bonds is 7. The monoisotopic (exact) mass is 242 g/mol. The fourth-order valence-electron chi connectivity index (χ4n) is 2.16. The Morgan fingerprint density at radius 3 is 2.53 bits per heavy atom. The van der Waals surface area contributed by atoms with Crippen LogP contribution in [0.5, 0.6) is 0 Å². The number of carboxylic acid groups (broad SMARTS) is 1. The quantitative estimate of drug-likeness (QED) is 0.619. The molecule has 0 heterocycles. The van der Waals surface area contributed by atoms with Crippen molar-refractivity contribution in [2.45, 2.75) is 57.5 Å². The van der Waals surface area contributed by atoms with E-state index in [4.69, 9.17) is 5.11 Å². The summed E-state index contributed by atoms with van der Waals surface area (Å²) in [4.78, 5) is 22.4. The first-order valence-electron chi connectivity index (χ1n) is 6.39. The molecule has 0 aliphatic heterocycles. The molecule has 1 amide bonds. The van der Waals surface area contributed by atoms with Crippen molar-refractivity contribution in [1.82, 2.24) is 10.6 Å². The van der Waals surface area contributed by atoms with Gasteiger partial charge in [-0.1, -0.05) is 26.2 Å². The summed E-state index contributed by atoms with van der Waals surface area (Å²) in [6, 6.07) is -0.326. The van der Waals surface area contributed by atoms with E-state index in [1.54, 1.807) is 0 Å². The molecule has 0 unspecified atom stereocenters. The van der Waals surface area contributed by atoms with Crippen molar-refractivity contribution in [3.05, 3.63) is 0 Å². The Bertz CT molecular complexity index is 262. The fourth-order valence-corrected chi connectivity index (χ4v) is 2.16. The second-order valence-corrected chi connectivity index (χ2v) is 4.61. The van der Waals surface area contributed by atoms with Gasteiger partial charge in [-0.2, -0.15) is 0 Å². The number of carboxylic acids is 1. The number of aliphatic carboxylic acids is 1. The van der Waals surface area contributed by atoms with Crippen molar-refractivity contribution in [3.63, 3.8) is 0 Å². The van der Waals surface area contributed by atoms with Gasteiger partial charge in [0.25, 0.3) is 0 Å². The highest BCUT2D eigenvalue weighted by molar-refractivity contribution is 5.84. The SMILES string of the molecule is CCC[C@H](NC(=O)CNC1CCCC1)C(=O)O. The predicted molar refractivity (Wildman–Crippen MR) is 64.7 cm³/mol. The lowest BCUT2D eigenvalue weighted by molar-refractivity contribution is -0.141. The molecule has 0 aromatic carbocycles. The summed E-state index contributed by atoms with van der Waals surface area (Å²) in [7, 11) is 0. The van der Waals surface area contributed by atoms with Gasteiger partial charge in [-0.15, -0.1) is 0 Å². The van der Waals surface area contributed by atoms with Gasteiger partial charge < -0.3 is 15.7 Å². The molecule has 0 aromatic rings. The average Bonchev–Trinajstić information content (AvgIpc) is 2.78. The van der Waals surface area contributed by atoms with Crippen LogP contribution < -0.4 is 10.6 Å². The van der Waals surface area contributed by atoms with Crippen LogP contribution in [0.4, 0.5) is 0 Å². The van der Waals surface area contributed by atoms with E-state index in [0.717, 1.165) is 19.3 Å². The van der Waals surface area contributed by atoms with Crippen molar-refractivity contribution in [3.8, 4) is 0 Å². The predicted octanol–water partition coefficient (Wildman–Crippen LogP) is 0.888. The maximum absolute atomic E-state index is 11.6. The zero-order valence-corrected chi connectivity index (χ0v) is 10.4. The van der Waals surface area contributed by atoms with E-state index in [9.17, 15) is 9.59 Å². The lowest BCUT2D eigenvalue weighted by Gasteiger charge is -2.15. The first kappa shape index (κ1) is 14.0. The lowest BCUT2D eigenvalue weighted by atomic mass is 10.1. The van der Waals surface area contributed by atoms with Gasteiger partial charge in [-0.25, -0.2) is 4.79 Å². The fraction of sp³-hybridized carbons (Fsp3) is 0.833. The Labute approximate surface area is 102 Å². The summed E-state index contributed by atoms with van der Waals surface area (Å²) in [5.41, 5.74) is 0. The van der Waals surface area contributed by atoms with E-state index >= 15 is 0 Å². The highest BCUT2D eigenvalue weighted by atomic mass is 16.4. The molecule has 1 fully saturated rings. The molecule has 1 aliphatic rings. The molecule has 5 heteroatoms. The summed E-state index contributed by atoms with van der Waals surface area (Å²) in [5, 5.41) is 14.6. The molecule has 0 aromatic heterocycles. The molecule has 17 heavy (non-hydrogen) atoms. The van der Waals surface area contributed by atoms with Crippen LogP contribution in [0, 0.1) is 0 Å². The van der Waals surface area contributed by atoms with Gasteiger partial charge in [-0.05, 0) is 19.3 Å². The Morgan fingerprint density at radius 2 is 2.00 bits per heavy atom. The highest BCUT2D eigenvalue weighted by Gasteiger charge is 2.20. The van der Waals surface area contributed by atoms with Crippen LogP contribution in [-0.4, -0.2) is 35.6 Å². The van der Waals surface area contributed by atoms with E-state index in [1.807, 2.05) is 6.92 Å².